The summed E-state index contributed by atoms with van der Waals surface area (Å²) >= 11 is 13.3. The number of nitrogens with two attached hydrogens (primary N) is 1. The average Bonchev–Trinajstić information content (AvgIpc) is 2.68. The number of amidine groups is 1. The van der Waals surface area contributed by atoms with Crippen molar-refractivity contribution >= 4 is 40.8 Å². The second-order valence-corrected chi connectivity index (χ2v) is 5.93. The Balaban J connectivity index is 2.45. The second-order valence-electron chi connectivity index (χ2n) is 4.05. The zero-order valence-electron chi connectivity index (χ0n) is 10.8. The molecule has 0 spiro atoms. The van der Waals surface area contributed by atoms with Crippen molar-refractivity contribution in [2.75, 3.05) is 0 Å². The molecule has 0 saturated heterocycles. The Labute approximate surface area is 130 Å². The molecule has 106 valence electrons. The van der Waals surface area contributed by atoms with Crippen LogP contribution in [0, 0.1) is 6.92 Å². The van der Waals surface area contributed by atoms with Crippen LogP contribution in [0.5, 0.6) is 0 Å². The van der Waals surface area contributed by atoms with Gasteiger partial charge in [-0.15, -0.1) is 0 Å². The quantitative estimate of drug-likeness (QED) is 0.392. The van der Waals surface area contributed by atoms with Gasteiger partial charge in [-0.1, -0.05) is 40.1 Å². The van der Waals surface area contributed by atoms with Crippen LogP contribution in [0.25, 0.3) is 0 Å². The fraction of sp³-hybridized carbons (Fsp3) is 0.167. The number of oxime groups is 1. The molecule has 0 unspecified atom stereocenters. The summed E-state index contributed by atoms with van der Waals surface area (Å²) in [7, 11) is 1.79. The molecule has 8 heteroatoms. The topological polar surface area (TPSA) is 76.4 Å². The number of hydrogen-bond donors (Lipinski definition) is 2. The average molecular weight is 331 g/mol. The first-order valence-corrected chi connectivity index (χ1v) is 7.15. The third kappa shape index (κ3) is 2.87. The van der Waals surface area contributed by atoms with Crippen LogP contribution in [0.15, 0.2) is 33.3 Å². The zero-order valence-corrected chi connectivity index (χ0v) is 13.1. The summed E-state index contributed by atoms with van der Waals surface area (Å²) in [5.74, 6) is 0.0261. The number of rotatable bonds is 3. The van der Waals surface area contributed by atoms with Crippen molar-refractivity contribution in [2.45, 2.75) is 16.8 Å². The summed E-state index contributed by atoms with van der Waals surface area (Å²) < 4.78 is 1.68. The Bertz CT molecular complexity index is 684. The summed E-state index contributed by atoms with van der Waals surface area (Å²) in [5, 5.41) is 17.9. The van der Waals surface area contributed by atoms with E-state index in [-0.39, 0.29) is 5.84 Å². The van der Waals surface area contributed by atoms with Crippen molar-refractivity contribution in [3.63, 3.8) is 0 Å². The van der Waals surface area contributed by atoms with E-state index in [1.54, 1.807) is 30.8 Å². The van der Waals surface area contributed by atoms with Gasteiger partial charge < -0.3 is 10.9 Å². The summed E-state index contributed by atoms with van der Waals surface area (Å²) in [6.45, 7) is 1.80. The Morgan fingerprint density at radius 1 is 1.40 bits per heavy atom. The molecule has 0 saturated carbocycles. The summed E-state index contributed by atoms with van der Waals surface area (Å²) in [5.41, 5.74) is 6.99. The molecule has 0 aliphatic heterocycles. The predicted molar refractivity (Wildman–Crippen MR) is 81.0 cm³/mol. The van der Waals surface area contributed by atoms with E-state index in [4.69, 9.17) is 34.1 Å². The van der Waals surface area contributed by atoms with E-state index in [0.29, 0.717) is 21.3 Å². The monoisotopic (exact) mass is 330 g/mol. The summed E-state index contributed by atoms with van der Waals surface area (Å²) in [4.78, 5) is 0.884. The van der Waals surface area contributed by atoms with Gasteiger partial charge in [-0.05, 0) is 25.1 Å². The van der Waals surface area contributed by atoms with Gasteiger partial charge >= 0.3 is 0 Å². The highest BCUT2D eigenvalue weighted by Crippen LogP contribution is 2.34. The lowest BCUT2D eigenvalue weighted by Crippen LogP contribution is -2.14. The highest BCUT2D eigenvalue weighted by molar-refractivity contribution is 7.99. The van der Waals surface area contributed by atoms with Gasteiger partial charge in [0.1, 0.15) is 5.03 Å². The van der Waals surface area contributed by atoms with Crippen LogP contribution in [-0.2, 0) is 7.05 Å². The first-order valence-electron chi connectivity index (χ1n) is 5.58. The number of halogens is 2. The lowest BCUT2D eigenvalue weighted by Gasteiger charge is -2.06. The molecule has 2 aromatic rings. The van der Waals surface area contributed by atoms with Crippen molar-refractivity contribution in [3.05, 3.63) is 39.5 Å². The molecule has 1 aromatic carbocycles. The van der Waals surface area contributed by atoms with Gasteiger partial charge in [0.05, 0.1) is 21.3 Å². The molecule has 20 heavy (non-hydrogen) atoms. The minimum absolute atomic E-state index is 0.0261. The smallest absolute Gasteiger partial charge is 0.174 e. The minimum Gasteiger partial charge on any atom is -0.409 e. The maximum absolute atomic E-state index is 8.87. The first kappa shape index (κ1) is 15.0. The van der Waals surface area contributed by atoms with Crippen LogP contribution < -0.4 is 5.73 Å². The van der Waals surface area contributed by atoms with E-state index in [1.165, 1.54) is 11.8 Å². The second kappa shape index (κ2) is 5.95. The first-order chi connectivity index (χ1) is 9.43. The molecular formula is C12H12Cl2N4OS. The normalized spacial score (nSPS) is 11.9. The highest BCUT2D eigenvalue weighted by Gasteiger charge is 2.18. The molecule has 2 rings (SSSR count). The van der Waals surface area contributed by atoms with Gasteiger partial charge in [-0.25, -0.2) is 0 Å². The van der Waals surface area contributed by atoms with Crippen molar-refractivity contribution in [1.82, 2.24) is 9.78 Å². The number of hydrogen-bond acceptors (Lipinski definition) is 4. The van der Waals surface area contributed by atoms with E-state index in [0.717, 1.165) is 9.92 Å². The number of aromatic nitrogens is 2. The Morgan fingerprint density at radius 3 is 2.70 bits per heavy atom. The summed E-state index contributed by atoms with van der Waals surface area (Å²) in [6, 6.07) is 5.32. The van der Waals surface area contributed by atoms with Gasteiger partial charge in [0.15, 0.2) is 5.84 Å². The lowest BCUT2D eigenvalue weighted by molar-refractivity contribution is 0.318. The van der Waals surface area contributed by atoms with Gasteiger partial charge in [0.25, 0.3) is 0 Å². The highest BCUT2D eigenvalue weighted by atomic mass is 35.5. The van der Waals surface area contributed by atoms with Crippen LogP contribution in [0.4, 0.5) is 0 Å². The van der Waals surface area contributed by atoms with E-state index in [2.05, 4.69) is 10.3 Å². The molecule has 1 aromatic heterocycles. The number of aryl methyl sites for hydroxylation is 2. The van der Waals surface area contributed by atoms with Gasteiger partial charge in [0.2, 0.25) is 0 Å². The number of nitrogens with zero attached hydrogens (tertiary/aromatic N) is 3. The van der Waals surface area contributed by atoms with Gasteiger partial charge in [-0.3, -0.25) is 4.68 Å². The van der Waals surface area contributed by atoms with Crippen LogP contribution in [0.2, 0.25) is 10.0 Å². The Hall–Kier alpha value is -1.37. The largest absolute Gasteiger partial charge is 0.409 e. The molecule has 0 aliphatic rings. The third-order valence-electron chi connectivity index (χ3n) is 2.64. The SMILES string of the molecule is Cc1nn(C)c(Sc2ccc(Cl)c(Cl)c2)c1C(N)=NO. The fourth-order valence-electron chi connectivity index (χ4n) is 1.75. The van der Waals surface area contributed by atoms with Crippen molar-refractivity contribution in [2.24, 2.45) is 17.9 Å². The maximum atomic E-state index is 8.87. The Morgan fingerprint density at radius 2 is 2.10 bits per heavy atom. The predicted octanol–water partition coefficient (Wildman–Crippen LogP) is 3.28. The minimum atomic E-state index is 0.0261. The molecule has 0 aliphatic carbocycles. The van der Waals surface area contributed by atoms with Crippen LogP contribution >= 0.6 is 35.0 Å². The molecule has 0 amide bonds. The van der Waals surface area contributed by atoms with Gasteiger partial charge in [0, 0.05) is 11.9 Å². The number of benzene rings is 1. The molecule has 5 nitrogen and oxygen atoms in total. The van der Waals surface area contributed by atoms with Crippen molar-refractivity contribution in [1.29, 1.82) is 0 Å². The summed E-state index contributed by atoms with van der Waals surface area (Å²) in [6.07, 6.45) is 0. The molecule has 0 atom stereocenters. The van der Waals surface area contributed by atoms with Crippen molar-refractivity contribution < 1.29 is 5.21 Å². The maximum Gasteiger partial charge on any atom is 0.174 e. The van der Waals surface area contributed by atoms with Crippen LogP contribution in [0.1, 0.15) is 11.3 Å². The lowest BCUT2D eigenvalue weighted by atomic mass is 10.2. The molecule has 0 radical (unpaired) electrons. The van der Waals surface area contributed by atoms with E-state index < -0.39 is 0 Å². The van der Waals surface area contributed by atoms with E-state index >= 15 is 0 Å². The van der Waals surface area contributed by atoms with E-state index in [1.807, 2.05) is 6.07 Å². The molecule has 0 bridgehead atoms. The zero-order chi connectivity index (χ0) is 14.9. The molecular weight excluding hydrogens is 319 g/mol. The Kier molecular flexibility index (Phi) is 4.47. The molecule has 3 N–H and O–H groups in total. The van der Waals surface area contributed by atoms with Crippen LogP contribution in [0.3, 0.4) is 0 Å². The van der Waals surface area contributed by atoms with E-state index in [9.17, 15) is 0 Å². The van der Waals surface area contributed by atoms with Crippen molar-refractivity contribution in [3.8, 4) is 0 Å². The standard InChI is InChI=1S/C12H12Cl2N4OS/c1-6-10(11(15)17-19)12(18(2)16-6)20-7-3-4-8(13)9(14)5-7/h3-5,19H,1-2H3,(H2,15,17). The third-order valence-corrected chi connectivity index (χ3v) is 4.53. The molecule has 0 fully saturated rings. The fourth-order valence-corrected chi connectivity index (χ4v) is 3.18. The van der Waals surface area contributed by atoms with Crippen LogP contribution in [-0.4, -0.2) is 20.8 Å². The molecule has 1 heterocycles. The van der Waals surface area contributed by atoms with Gasteiger partial charge in [-0.2, -0.15) is 5.10 Å².